The van der Waals surface area contributed by atoms with Crippen LogP contribution in [0.2, 0.25) is 0 Å². The van der Waals surface area contributed by atoms with Crippen molar-refractivity contribution in [2.45, 2.75) is 26.3 Å². The number of rotatable bonds is 7. The first-order valence-corrected chi connectivity index (χ1v) is 9.27. The molecule has 2 heterocycles. The van der Waals surface area contributed by atoms with E-state index in [-0.39, 0.29) is 35.2 Å². The molecule has 8 nitrogen and oxygen atoms in total. The van der Waals surface area contributed by atoms with Crippen LogP contribution in [0.3, 0.4) is 0 Å². The number of aromatic nitrogens is 4. The Morgan fingerprint density at radius 1 is 1.38 bits per heavy atom. The molecular weight excluding hydrogens is 404 g/mol. The molecule has 1 unspecified atom stereocenters. The smallest absolute Gasteiger partial charge is 0.270 e. The lowest BCUT2D eigenvalue weighted by atomic mass is 10.0. The lowest BCUT2D eigenvalue weighted by molar-refractivity contribution is 0.0934. The summed E-state index contributed by atoms with van der Waals surface area (Å²) in [5, 5.41) is 19.3. The molecule has 0 spiro atoms. The molecule has 3 rings (SSSR count). The minimum atomic E-state index is -0.998. The summed E-state index contributed by atoms with van der Waals surface area (Å²) in [5.74, 6) is -2.16. The Bertz CT molecular complexity index is 1090. The van der Waals surface area contributed by atoms with Crippen molar-refractivity contribution in [3.8, 4) is 11.6 Å². The fraction of sp³-hybridized carbons (Fsp3) is 0.333. The molecule has 3 aromatic rings. The summed E-state index contributed by atoms with van der Waals surface area (Å²) in [6, 6.07) is 2.97. The lowest BCUT2D eigenvalue weighted by Gasteiger charge is -2.20. The van der Waals surface area contributed by atoms with Crippen molar-refractivity contribution in [2.75, 3.05) is 13.2 Å². The third-order valence-corrected chi connectivity index (χ3v) is 4.61. The normalized spacial score (nSPS) is 12.2. The SMILES string of the molecule is CCC(c1ccc(F)c(F)c1)n1c(C(=O)NCCO)c(-c2nnc(C)o2)[nH]c1=S. The number of imidazole rings is 1. The van der Waals surface area contributed by atoms with Crippen LogP contribution >= 0.6 is 12.2 Å². The number of hydrogen-bond acceptors (Lipinski definition) is 6. The maximum atomic E-state index is 13.8. The summed E-state index contributed by atoms with van der Waals surface area (Å²) in [6.07, 6.45) is 0.430. The zero-order chi connectivity index (χ0) is 21.1. The molecule has 11 heteroatoms. The number of nitrogens with zero attached hydrogens (tertiary/aromatic N) is 3. The Labute approximate surface area is 169 Å². The molecule has 0 aliphatic carbocycles. The van der Waals surface area contributed by atoms with E-state index >= 15 is 0 Å². The number of carbonyl (C=O) groups excluding carboxylic acids is 1. The van der Waals surface area contributed by atoms with Gasteiger partial charge in [-0.25, -0.2) is 8.78 Å². The van der Waals surface area contributed by atoms with Crippen LogP contribution in [0.4, 0.5) is 8.78 Å². The number of nitrogens with one attached hydrogen (secondary N) is 2. The van der Waals surface area contributed by atoms with E-state index in [1.54, 1.807) is 6.92 Å². The van der Waals surface area contributed by atoms with Crippen molar-refractivity contribution >= 4 is 18.1 Å². The van der Waals surface area contributed by atoms with Crippen molar-refractivity contribution in [3.05, 3.63) is 51.8 Å². The Balaban J connectivity index is 2.20. The van der Waals surface area contributed by atoms with Gasteiger partial charge in [0.15, 0.2) is 16.4 Å². The summed E-state index contributed by atoms with van der Waals surface area (Å²) in [5.41, 5.74) is 0.724. The monoisotopic (exact) mass is 423 g/mol. The van der Waals surface area contributed by atoms with E-state index in [2.05, 4.69) is 20.5 Å². The topological polar surface area (TPSA) is 109 Å². The van der Waals surface area contributed by atoms with E-state index in [4.69, 9.17) is 21.7 Å². The van der Waals surface area contributed by atoms with Gasteiger partial charge in [0, 0.05) is 13.5 Å². The largest absolute Gasteiger partial charge is 0.420 e. The molecular formula is C18H19F2N5O3S. The predicted molar refractivity (Wildman–Crippen MR) is 102 cm³/mol. The number of H-pyrrole nitrogens is 1. The average Bonchev–Trinajstić information content (AvgIpc) is 3.27. The highest BCUT2D eigenvalue weighted by Gasteiger charge is 2.28. The number of amides is 1. The van der Waals surface area contributed by atoms with Gasteiger partial charge in [-0.3, -0.25) is 4.79 Å². The summed E-state index contributed by atoms with van der Waals surface area (Å²) < 4.78 is 34.3. The van der Waals surface area contributed by atoms with Crippen molar-refractivity contribution in [1.82, 2.24) is 25.1 Å². The van der Waals surface area contributed by atoms with Gasteiger partial charge >= 0.3 is 0 Å². The number of aliphatic hydroxyl groups is 1. The van der Waals surface area contributed by atoms with Crippen molar-refractivity contribution in [1.29, 1.82) is 0 Å². The Morgan fingerprint density at radius 2 is 2.14 bits per heavy atom. The van der Waals surface area contributed by atoms with E-state index in [1.807, 2.05) is 6.92 Å². The molecule has 0 aliphatic heterocycles. The van der Waals surface area contributed by atoms with Crippen LogP contribution in [0.25, 0.3) is 11.6 Å². The maximum absolute atomic E-state index is 13.8. The number of aromatic amines is 1. The molecule has 0 saturated carbocycles. The third-order valence-electron chi connectivity index (χ3n) is 4.31. The van der Waals surface area contributed by atoms with Crippen molar-refractivity contribution in [2.24, 2.45) is 0 Å². The third kappa shape index (κ3) is 4.10. The highest BCUT2D eigenvalue weighted by molar-refractivity contribution is 7.71. The van der Waals surface area contributed by atoms with Gasteiger partial charge in [-0.2, -0.15) is 0 Å². The van der Waals surface area contributed by atoms with Crippen molar-refractivity contribution < 1.29 is 23.1 Å². The molecule has 29 heavy (non-hydrogen) atoms. The highest BCUT2D eigenvalue weighted by atomic mass is 32.1. The second-order valence-corrected chi connectivity index (χ2v) is 6.61. The molecule has 0 fully saturated rings. The molecule has 0 aliphatic rings. The van der Waals surface area contributed by atoms with Gasteiger partial charge in [0.25, 0.3) is 11.8 Å². The Hall–Kier alpha value is -2.92. The lowest BCUT2D eigenvalue weighted by Crippen LogP contribution is -2.30. The van der Waals surface area contributed by atoms with Gasteiger partial charge in [-0.05, 0) is 36.3 Å². The summed E-state index contributed by atoms with van der Waals surface area (Å²) >= 11 is 5.42. The molecule has 2 aromatic heterocycles. The first-order valence-electron chi connectivity index (χ1n) is 8.86. The molecule has 0 saturated heterocycles. The number of carbonyl (C=O) groups is 1. The maximum Gasteiger partial charge on any atom is 0.270 e. The van der Waals surface area contributed by atoms with Gasteiger partial charge in [-0.1, -0.05) is 13.0 Å². The molecule has 1 amide bonds. The zero-order valence-corrected chi connectivity index (χ0v) is 16.5. The zero-order valence-electron chi connectivity index (χ0n) is 15.7. The van der Waals surface area contributed by atoms with Gasteiger partial charge in [0.05, 0.1) is 12.6 Å². The van der Waals surface area contributed by atoms with Gasteiger partial charge in [0.2, 0.25) is 5.89 Å². The highest BCUT2D eigenvalue weighted by Crippen LogP contribution is 2.30. The predicted octanol–water partition coefficient (Wildman–Crippen LogP) is 2.90. The Kier molecular flexibility index (Phi) is 6.18. The van der Waals surface area contributed by atoms with Crippen molar-refractivity contribution in [3.63, 3.8) is 0 Å². The summed E-state index contributed by atoms with van der Waals surface area (Å²) in [6.45, 7) is 3.18. The molecule has 1 atom stereocenters. The van der Waals surface area contributed by atoms with Crippen LogP contribution < -0.4 is 5.32 Å². The van der Waals surface area contributed by atoms with E-state index in [1.165, 1.54) is 10.6 Å². The van der Waals surface area contributed by atoms with E-state index in [0.717, 1.165) is 12.1 Å². The second kappa shape index (κ2) is 8.62. The van der Waals surface area contributed by atoms with Crippen LogP contribution in [-0.2, 0) is 0 Å². The average molecular weight is 423 g/mol. The van der Waals surface area contributed by atoms with E-state index < -0.39 is 23.6 Å². The quantitative estimate of drug-likeness (QED) is 0.504. The fourth-order valence-corrected chi connectivity index (χ4v) is 3.38. The van der Waals surface area contributed by atoms with E-state index in [0.29, 0.717) is 17.9 Å². The number of hydrogen-bond donors (Lipinski definition) is 3. The molecule has 3 N–H and O–H groups in total. The first-order chi connectivity index (χ1) is 13.9. The minimum Gasteiger partial charge on any atom is -0.420 e. The first kappa shape index (κ1) is 20.8. The molecule has 0 bridgehead atoms. The standard InChI is InChI=1S/C18H19F2N5O3S/c1-3-13(10-4-5-11(19)12(20)8-10)25-15(16(27)21-6-7-26)14(22-18(25)29)17-24-23-9(2)28-17/h4-5,8,13,26H,3,6-7H2,1-2H3,(H,21,27)(H,22,29). The van der Waals surface area contributed by atoms with Crippen LogP contribution in [0.5, 0.6) is 0 Å². The summed E-state index contributed by atoms with van der Waals surface area (Å²) in [4.78, 5) is 15.8. The van der Waals surface area contributed by atoms with Crippen LogP contribution in [-0.4, -0.2) is 43.9 Å². The summed E-state index contributed by atoms with van der Waals surface area (Å²) in [7, 11) is 0. The number of aliphatic hydroxyl groups excluding tert-OH is 1. The number of benzene rings is 1. The molecule has 1 aromatic carbocycles. The van der Waals surface area contributed by atoms with Crippen LogP contribution in [0.1, 0.15) is 41.3 Å². The molecule has 0 radical (unpaired) electrons. The van der Waals surface area contributed by atoms with Gasteiger partial charge in [-0.15, -0.1) is 10.2 Å². The Morgan fingerprint density at radius 3 is 2.72 bits per heavy atom. The van der Waals surface area contributed by atoms with Gasteiger partial charge < -0.3 is 24.4 Å². The number of aryl methyl sites for hydroxylation is 1. The van der Waals surface area contributed by atoms with Gasteiger partial charge in [0.1, 0.15) is 11.4 Å². The van der Waals surface area contributed by atoms with E-state index in [9.17, 15) is 13.6 Å². The fourth-order valence-electron chi connectivity index (χ4n) is 3.06. The second-order valence-electron chi connectivity index (χ2n) is 6.23. The molecule has 154 valence electrons. The van der Waals surface area contributed by atoms with Crippen LogP contribution in [0.15, 0.2) is 22.6 Å². The number of halogens is 2. The van der Waals surface area contributed by atoms with Crippen LogP contribution in [0, 0.1) is 23.3 Å². The minimum absolute atomic E-state index is 0.0149.